The van der Waals surface area contributed by atoms with Crippen LogP contribution in [0.4, 0.5) is 0 Å². The van der Waals surface area contributed by atoms with Gasteiger partial charge in [0.25, 0.3) is 6.47 Å². The third-order valence-corrected chi connectivity index (χ3v) is 2.27. The van der Waals surface area contributed by atoms with Crippen molar-refractivity contribution in [3.05, 3.63) is 0 Å². The molecule has 0 aliphatic heterocycles. The monoisotopic (exact) mass is 186 g/mol. The maximum absolute atomic E-state index is 9.87. The molecule has 0 aliphatic carbocycles. The van der Waals surface area contributed by atoms with Crippen molar-refractivity contribution in [1.29, 1.82) is 0 Å². The summed E-state index contributed by atoms with van der Waals surface area (Å²) in [6.45, 7) is 7.82. The Balaban J connectivity index is 3.19. The minimum Gasteiger partial charge on any atom is -0.468 e. The van der Waals surface area contributed by atoms with Gasteiger partial charge in [0.2, 0.25) is 0 Å². The van der Waals surface area contributed by atoms with Crippen LogP contribution in [-0.2, 0) is 9.53 Å². The van der Waals surface area contributed by atoms with Gasteiger partial charge in [-0.05, 0) is 18.3 Å². The summed E-state index contributed by atoms with van der Waals surface area (Å²) in [6.07, 6.45) is 4.84. The van der Waals surface area contributed by atoms with Gasteiger partial charge in [0.15, 0.2) is 0 Å². The van der Waals surface area contributed by atoms with Crippen molar-refractivity contribution in [3.8, 4) is 0 Å². The van der Waals surface area contributed by atoms with Crippen LogP contribution in [0.2, 0.25) is 0 Å². The van der Waals surface area contributed by atoms with Crippen LogP contribution in [0.25, 0.3) is 0 Å². The highest BCUT2D eigenvalue weighted by molar-refractivity contribution is 5.36. The number of carbonyl (C=O) groups is 1. The third kappa shape index (κ3) is 9.38. The zero-order valence-corrected chi connectivity index (χ0v) is 9.08. The highest BCUT2D eigenvalue weighted by Crippen LogP contribution is 2.14. The summed E-state index contributed by atoms with van der Waals surface area (Å²) in [4.78, 5) is 9.87. The van der Waals surface area contributed by atoms with Gasteiger partial charge in [0.05, 0.1) is 6.61 Å². The Bertz CT molecular complexity index is 121. The molecular weight excluding hydrogens is 164 g/mol. The maximum atomic E-state index is 9.87. The molecule has 1 atom stereocenters. The Morgan fingerprint density at radius 3 is 2.38 bits per heavy atom. The molecule has 2 nitrogen and oxygen atoms in total. The lowest BCUT2D eigenvalue weighted by molar-refractivity contribution is -0.129. The van der Waals surface area contributed by atoms with Crippen molar-refractivity contribution in [2.75, 3.05) is 6.61 Å². The van der Waals surface area contributed by atoms with Gasteiger partial charge >= 0.3 is 0 Å². The topological polar surface area (TPSA) is 26.3 Å². The number of ether oxygens (including phenoxy) is 1. The second-order valence-electron chi connectivity index (χ2n) is 4.19. The van der Waals surface area contributed by atoms with Crippen LogP contribution in [-0.4, -0.2) is 13.1 Å². The zero-order valence-electron chi connectivity index (χ0n) is 9.08. The predicted octanol–water partition coefficient (Wildman–Crippen LogP) is 3.01. The largest absolute Gasteiger partial charge is 0.468 e. The number of carbonyl (C=O) groups excluding carboxylic acids is 1. The fourth-order valence-corrected chi connectivity index (χ4v) is 1.34. The molecule has 0 aromatic rings. The van der Waals surface area contributed by atoms with Gasteiger partial charge in [-0.15, -0.1) is 0 Å². The molecule has 0 N–H and O–H groups in total. The van der Waals surface area contributed by atoms with Crippen LogP contribution in [0, 0.1) is 11.8 Å². The fraction of sp³-hybridized carbons (Fsp3) is 0.909. The molecule has 13 heavy (non-hydrogen) atoms. The number of hydrogen-bond donors (Lipinski definition) is 0. The van der Waals surface area contributed by atoms with Crippen LogP contribution >= 0.6 is 0 Å². The average Bonchev–Trinajstić information content (AvgIpc) is 2.04. The van der Waals surface area contributed by atoms with E-state index in [1.54, 1.807) is 0 Å². The number of hydrogen-bond acceptors (Lipinski definition) is 2. The molecule has 0 spiro atoms. The second-order valence-corrected chi connectivity index (χ2v) is 4.19. The van der Waals surface area contributed by atoms with Crippen molar-refractivity contribution >= 4 is 6.47 Å². The summed E-state index contributed by atoms with van der Waals surface area (Å²) in [5.74, 6) is 1.48. The van der Waals surface area contributed by atoms with Gasteiger partial charge in [-0.25, -0.2) is 0 Å². The first-order chi connectivity index (χ1) is 6.16. The first-order valence-electron chi connectivity index (χ1n) is 5.22. The molecule has 2 heteroatoms. The lowest BCUT2D eigenvalue weighted by atomic mass is 9.98. The SMILES string of the molecule is CC(C)CCC[C@@H](C)CCOC=O. The summed E-state index contributed by atoms with van der Waals surface area (Å²) in [6, 6.07) is 0. The Labute approximate surface area is 81.7 Å². The lowest BCUT2D eigenvalue weighted by Gasteiger charge is -2.11. The first kappa shape index (κ1) is 12.5. The predicted molar refractivity (Wildman–Crippen MR) is 54.5 cm³/mol. The van der Waals surface area contributed by atoms with Gasteiger partial charge in [-0.3, -0.25) is 4.79 Å². The molecule has 0 aromatic heterocycles. The third-order valence-electron chi connectivity index (χ3n) is 2.27. The molecule has 0 aliphatic rings. The Morgan fingerprint density at radius 1 is 1.15 bits per heavy atom. The van der Waals surface area contributed by atoms with E-state index in [2.05, 4.69) is 25.5 Å². The Hall–Kier alpha value is -0.530. The molecule has 78 valence electrons. The van der Waals surface area contributed by atoms with Crippen molar-refractivity contribution in [1.82, 2.24) is 0 Å². The second kappa shape index (κ2) is 8.09. The summed E-state index contributed by atoms with van der Waals surface area (Å²) in [5, 5.41) is 0. The van der Waals surface area contributed by atoms with Crippen molar-refractivity contribution in [2.45, 2.75) is 46.5 Å². The van der Waals surface area contributed by atoms with Gasteiger partial charge in [-0.1, -0.05) is 40.0 Å². The van der Waals surface area contributed by atoms with E-state index in [-0.39, 0.29) is 0 Å². The molecule has 0 fully saturated rings. The average molecular weight is 186 g/mol. The summed E-state index contributed by atoms with van der Waals surface area (Å²) in [5.41, 5.74) is 0. The zero-order chi connectivity index (χ0) is 10.1. The summed E-state index contributed by atoms with van der Waals surface area (Å²) in [7, 11) is 0. The molecule has 0 saturated carbocycles. The van der Waals surface area contributed by atoms with Crippen molar-refractivity contribution < 1.29 is 9.53 Å². The fourth-order valence-electron chi connectivity index (χ4n) is 1.34. The van der Waals surface area contributed by atoms with E-state index in [1.165, 1.54) is 19.3 Å². The van der Waals surface area contributed by atoms with Gasteiger partial charge < -0.3 is 4.74 Å². The van der Waals surface area contributed by atoms with Crippen LogP contribution in [0.3, 0.4) is 0 Å². The molecule has 0 unspecified atom stereocenters. The lowest BCUT2D eigenvalue weighted by Crippen LogP contribution is -2.01. The summed E-state index contributed by atoms with van der Waals surface area (Å²) >= 11 is 0. The van der Waals surface area contributed by atoms with E-state index >= 15 is 0 Å². The Kier molecular flexibility index (Phi) is 7.76. The van der Waals surface area contributed by atoms with Crippen molar-refractivity contribution in [2.24, 2.45) is 11.8 Å². The van der Waals surface area contributed by atoms with Gasteiger partial charge in [0.1, 0.15) is 0 Å². The van der Waals surface area contributed by atoms with E-state index in [9.17, 15) is 4.79 Å². The van der Waals surface area contributed by atoms with Crippen LogP contribution < -0.4 is 0 Å². The van der Waals surface area contributed by atoms with Crippen molar-refractivity contribution in [3.63, 3.8) is 0 Å². The standard InChI is InChI=1S/C11H22O2/c1-10(2)5-4-6-11(3)7-8-13-9-12/h9-11H,4-8H2,1-3H3/t11-/m1/s1. The molecule has 0 radical (unpaired) electrons. The quantitative estimate of drug-likeness (QED) is 0.430. The maximum Gasteiger partial charge on any atom is 0.293 e. The van der Waals surface area contributed by atoms with Crippen LogP contribution in [0.5, 0.6) is 0 Å². The molecular formula is C11H22O2. The normalized spacial score (nSPS) is 12.9. The van der Waals surface area contributed by atoms with E-state index in [0.29, 0.717) is 19.0 Å². The molecule has 0 aromatic carbocycles. The van der Waals surface area contributed by atoms with E-state index in [0.717, 1.165) is 12.3 Å². The first-order valence-corrected chi connectivity index (χ1v) is 5.22. The summed E-state index contributed by atoms with van der Waals surface area (Å²) < 4.78 is 4.65. The van der Waals surface area contributed by atoms with E-state index in [4.69, 9.17) is 0 Å². The van der Waals surface area contributed by atoms with E-state index in [1.807, 2.05) is 0 Å². The molecule has 0 amide bonds. The molecule has 0 saturated heterocycles. The smallest absolute Gasteiger partial charge is 0.293 e. The molecule has 0 bridgehead atoms. The Morgan fingerprint density at radius 2 is 1.85 bits per heavy atom. The number of rotatable bonds is 8. The molecule has 0 rings (SSSR count). The highest BCUT2D eigenvalue weighted by atomic mass is 16.5. The minimum absolute atomic E-state index is 0.529. The highest BCUT2D eigenvalue weighted by Gasteiger charge is 2.02. The molecule has 0 heterocycles. The van der Waals surface area contributed by atoms with Gasteiger partial charge in [-0.2, -0.15) is 0 Å². The van der Waals surface area contributed by atoms with E-state index < -0.39 is 0 Å². The minimum atomic E-state index is 0.529. The van der Waals surface area contributed by atoms with Crippen LogP contribution in [0.15, 0.2) is 0 Å². The van der Waals surface area contributed by atoms with Crippen LogP contribution in [0.1, 0.15) is 46.5 Å². The van der Waals surface area contributed by atoms with Gasteiger partial charge in [0, 0.05) is 0 Å².